The van der Waals surface area contributed by atoms with Crippen LogP contribution in [0.15, 0.2) is 42.6 Å². The molecular formula is C16H13ClFNO3. The highest BCUT2D eigenvalue weighted by Crippen LogP contribution is 2.23. The van der Waals surface area contributed by atoms with Crippen LogP contribution in [0.1, 0.15) is 28.8 Å². The second kappa shape index (κ2) is 7.13. The predicted molar refractivity (Wildman–Crippen MR) is 79.4 cm³/mol. The first kappa shape index (κ1) is 16.1. The molecule has 1 atom stereocenters. The topological polar surface area (TPSA) is 56.3 Å². The zero-order valence-corrected chi connectivity index (χ0v) is 12.5. The van der Waals surface area contributed by atoms with Gasteiger partial charge in [0, 0.05) is 11.8 Å². The number of pyridine rings is 1. The number of hydrogen-bond donors (Lipinski definition) is 0. The number of rotatable bonds is 5. The number of aromatic nitrogens is 1. The summed E-state index contributed by atoms with van der Waals surface area (Å²) >= 11 is 5.69. The summed E-state index contributed by atoms with van der Waals surface area (Å²) < 4.78 is 18.0. The normalized spacial score (nSPS) is 11.8. The summed E-state index contributed by atoms with van der Waals surface area (Å²) in [4.78, 5) is 28.5. The van der Waals surface area contributed by atoms with E-state index in [1.165, 1.54) is 42.6 Å². The van der Waals surface area contributed by atoms with Gasteiger partial charge in [-0.25, -0.2) is 9.37 Å². The summed E-state index contributed by atoms with van der Waals surface area (Å²) in [7, 11) is 0. The number of hydrogen-bond acceptors (Lipinski definition) is 4. The maximum absolute atomic E-state index is 13.0. The van der Waals surface area contributed by atoms with Gasteiger partial charge in [-0.05, 0) is 36.8 Å². The zero-order valence-electron chi connectivity index (χ0n) is 11.8. The monoisotopic (exact) mass is 321 g/mol. The van der Waals surface area contributed by atoms with Crippen molar-refractivity contribution in [2.45, 2.75) is 12.8 Å². The van der Waals surface area contributed by atoms with E-state index in [4.69, 9.17) is 16.3 Å². The number of Topliss-reactive ketones (excluding diaryl/α,β-unsaturated/α-hetero) is 1. The first-order chi connectivity index (χ1) is 10.5. The van der Waals surface area contributed by atoms with Crippen LogP contribution in [0.4, 0.5) is 4.39 Å². The van der Waals surface area contributed by atoms with E-state index in [0.29, 0.717) is 5.56 Å². The van der Waals surface area contributed by atoms with Gasteiger partial charge in [-0.2, -0.15) is 0 Å². The third kappa shape index (κ3) is 3.68. The van der Waals surface area contributed by atoms with Crippen molar-refractivity contribution in [3.63, 3.8) is 0 Å². The van der Waals surface area contributed by atoms with Crippen molar-refractivity contribution in [3.05, 3.63) is 64.7 Å². The maximum atomic E-state index is 13.0. The molecule has 114 valence electrons. The predicted octanol–water partition coefficient (Wildman–Crippen LogP) is 3.40. The number of ether oxygens (including phenoxy) is 1. The Morgan fingerprint density at radius 1 is 1.23 bits per heavy atom. The molecule has 6 heteroatoms. The molecule has 4 nitrogen and oxygen atoms in total. The minimum absolute atomic E-state index is 0.142. The minimum Gasteiger partial charge on any atom is -0.465 e. The van der Waals surface area contributed by atoms with Crippen LogP contribution in [0, 0.1) is 5.82 Å². The van der Waals surface area contributed by atoms with Crippen molar-refractivity contribution in [2.75, 3.05) is 6.61 Å². The molecule has 0 aliphatic rings. The Bertz CT molecular complexity index is 671. The van der Waals surface area contributed by atoms with E-state index >= 15 is 0 Å². The van der Waals surface area contributed by atoms with Crippen LogP contribution in [-0.2, 0) is 9.53 Å². The Morgan fingerprint density at radius 3 is 2.45 bits per heavy atom. The minimum atomic E-state index is -1.16. The van der Waals surface area contributed by atoms with Gasteiger partial charge in [-0.3, -0.25) is 9.59 Å². The number of esters is 1. The first-order valence-electron chi connectivity index (χ1n) is 6.60. The lowest BCUT2D eigenvalue weighted by molar-refractivity contribution is -0.143. The van der Waals surface area contributed by atoms with E-state index < -0.39 is 23.5 Å². The fraction of sp³-hybridized carbons (Fsp3) is 0.188. The quantitative estimate of drug-likeness (QED) is 0.366. The number of carbonyl (C=O) groups is 2. The summed E-state index contributed by atoms with van der Waals surface area (Å²) in [6.07, 6.45) is 1.29. The van der Waals surface area contributed by atoms with Gasteiger partial charge in [0.05, 0.1) is 6.61 Å². The van der Waals surface area contributed by atoms with Gasteiger partial charge in [-0.15, -0.1) is 0 Å². The largest absolute Gasteiger partial charge is 0.465 e. The smallest absolute Gasteiger partial charge is 0.321 e. The van der Waals surface area contributed by atoms with Crippen LogP contribution in [0.5, 0.6) is 0 Å². The van der Waals surface area contributed by atoms with Gasteiger partial charge in [0.1, 0.15) is 16.9 Å². The molecule has 0 saturated heterocycles. The number of ketones is 1. The number of carbonyl (C=O) groups excluding carboxylic acids is 2. The summed E-state index contributed by atoms with van der Waals surface area (Å²) in [6.45, 7) is 1.79. The van der Waals surface area contributed by atoms with Crippen molar-refractivity contribution in [2.24, 2.45) is 0 Å². The molecule has 0 N–H and O–H groups in total. The number of benzene rings is 1. The van der Waals surface area contributed by atoms with E-state index in [2.05, 4.69) is 4.98 Å². The SMILES string of the molecule is CCOC(=O)C(C(=O)c1ccc(Cl)nc1)c1ccc(F)cc1. The molecule has 0 amide bonds. The van der Waals surface area contributed by atoms with E-state index in [0.717, 1.165) is 0 Å². The van der Waals surface area contributed by atoms with E-state index in [1.807, 2.05) is 0 Å². The van der Waals surface area contributed by atoms with E-state index in [-0.39, 0.29) is 17.3 Å². The Balaban J connectivity index is 2.39. The number of halogens is 2. The Morgan fingerprint density at radius 2 is 1.91 bits per heavy atom. The van der Waals surface area contributed by atoms with Crippen LogP contribution in [-0.4, -0.2) is 23.3 Å². The average Bonchev–Trinajstić information content (AvgIpc) is 2.50. The summed E-state index contributed by atoms with van der Waals surface area (Å²) in [5.74, 6) is -2.78. The van der Waals surface area contributed by atoms with Gasteiger partial charge in [0.15, 0.2) is 5.78 Å². The van der Waals surface area contributed by atoms with Crippen LogP contribution in [0.3, 0.4) is 0 Å². The second-order valence-electron chi connectivity index (χ2n) is 4.47. The lowest BCUT2D eigenvalue weighted by Crippen LogP contribution is -2.24. The van der Waals surface area contributed by atoms with Gasteiger partial charge in [0.25, 0.3) is 0 Å². The van der Waals surface area contributed by atoms with Gasteiger partial charge >= 0.3 is 5.97 Å². The Hall–Kier alpha value is -2.27. The molecular weight excluding hydrogens is 309 g/mol. The molecule has 0 fully saturated rings. The molecule has 22 heavy (non-hydrogen) atoms. The zero-order chi connectivity index (χ0) is 16.1. The molecule has 2 rings (SSSR count). The van der Waals surface area contributed by atoms with Crippen LogP contribution >= 0.6 is 11.6 Å². The highest BCUT2D eigenvalue weighted by atomic mass is 35.5. The fourth-order valence-electron chi connectivity index (χ4n) is 1.96. The molecule has 0 saturated carbocycles. The lowest BCUT2D eigenvalue weighted by Gasteiger charge is -2.15. The first-order valence-corrected chi connectivity index (χ1v) is 6.98. The molecule has 0 aliphatic carbocycles. The van der Waals surface area contributed by atoms with Gasteiger partial charge in [-0.1, -0.05) is 23.7 Å². The Kier molecular flexibility index (Phi) is 5.22. The van der Waals surface area contributed by atoms with Crippen molar-refractivity contribution < 1.29 is 18.7 Å². The molecule has 1 unspecified atom stereocenters. The second-order valence-corrected chi connectivity index (χ2v) is 4.86. The average molecular weight is 322 g/mol. The summed E-state index contributed by atoms with van der Waals surface area (Å²) in [5.41, 5.74) is 0.589. The van der Waals surface area contributed by atoms with Crippen molar-refractivity contribution >= 4 is 23.4 Å². The van der Waals surface area contributed by atoms with Gasteiger partial charge in [0.2, 0.25) is 0 Å². The van der Waals surface area contributed by atoms with Crippen LogP contribution in [0.25, 0.3) is 0 Å². The molecule has 1 heterocycles. The maximum Gasteiger partial charge on any atom is 0.321 e. The molecule has 0 aliphatic heterocycles. The summed E-state index contributed by atoms with van der Waals surface area (Å²) in [6, 6.07) is 8.09. The molecule has 0 radical (unpaired) electrons. The van der Waals surface area contributed by atoms with Crippen molar-refractivity contribution in [1.29, 1.82) is 0 Å². The van der Waals surface area contributed by atoms with Crippen LogP contribution < -0.4 is 0 Å². The van der Waals surface area contributed by atoms with Crippen molar-refractivity contribution in [1.82, 2.24) is 4.98 Å². The third-order valence-electron chi connectivity index (χ3n) is 3.00. The standard InChI is InChI=1S/C16H13ClFNO3/c1-2-22-16(21)14(10-3-6-12(18)7-4-10)15(20)11-5-8-13(17)19-9-11/h3-9,14H,2H2,1H3. The number of nitrogens with zero attached hydrogens (tertiary/aromatic N) is 1. The van der Waals surface area contributed by atoms with E-state index in [1.54, 1.807) is 6.92 Å². The van der Waals surface area contributed by atoms with Crippen molar-refractivity contribution in [3.8, 4) is 0 Å². The van der Waals surface area contributed by atoms with E-state index in [9.17, 15) is 14.0 Å². The summed E-state index contributed by atoms with van der Waals surface area (Å²) in [5, 5.41) is 0.242. The molecule has 0 spiro atoms. The highest BCUT2D eigenvalue weighted by molar-refractivity contribution is 6.29. The molecule has 1 aromatic carbocycles. The molecule has 1 aromatic heterocycles. The molecule has 0 bridgehead atoms. The third-order valence-corrected chi connectivity index (χ3v) is 3.22. The lowest BCUT2D eigenvalue weighted by atomic mass is 9.91. The van der Waals surface area contributed by atoms with Crippen LogP contribution in [0.2, 0.25) is 5.15 Å². The van der Waals surface area contributed by atoms with Gasteiger partial charge < -0.3 is 4.74 Å². The molecule has 2 aromatic rings. The highest BCUT2D eigenvalue weighted by Gasteiger charge is 2.31. The fourth-order valence-corrected chi connectivity index (χ4v) is 2.08. The Labute approximate surface area is 131 Å².